The molecule has 0 saturated heterocycles. The van der Waals surface area contributed by atoms with Gasteiger partial charge in [-0.15, -0.1) is 0 Å². The number of furan rings is 1. The number of hydrogen-bond acceptors (Lipinski definition) is 2. The first-order valence-corrected chi connectivity index (χ1v) is 6.75. The van der Waals surface area contributed by atoms with Crippen molar-refractivity contribution in [3.63, 3.8) is 0 Å². The van der Waals surface area contributed by atoms with Crippen molar-refractivity contribution in [1.29, 1.82) is 0 Å². The fraction of sp³-hybridized carbons (Fsp3) is 0.125. The van der Waals surface area contributed by atoms with Crippen LogP contribution < -0.4 is 5.73 Å². The second kappa shape index (κ2) is 5.13. The van der Waals surface area contributed by atoms with Crippen LogP contribution in [0.25, 0.3) is 11.0 Å². The van der Waals surface area contributed by atoms with Gasteiger partial charge in [0, 0.05) is 21.5 Å². The molecule has 1 unspecified atom stereocenters. The average molecular weight is 308 g/mol. The van der Waals surface area contributed by atoms with E-state index in [0.29, 0.717) is 16.4 Å². The maximum absolute atomic E-state index is 13.9. The maximum Gasteiger partial charge on any atom is 0.134 e. The van der Waals surface area contributed by atoms with Gasteiger partial charge in [0.15, 0.2) is 0 Å². The van der Waals surface area contributed by atoms with Gasteiger partial charge in [-0.1, -0.05) is 17.7 Å². The summed E-state index contributed by atoms with van der Waals surface area (Å²) in [7, 11) is 0. The normalized spacial score (nSPS) is 12.8. The van der Waals surface area contributed by atoms with Crippen LogP contribution >= 0.6 is 11.6 Å². The molecular formula is C16H12ClF2NO. The SMILES string of the molecule is Cc1c(C(N)c2c(F)cccc2F)oc2ccc(Cl)cc12. The third-order valence-corrected chi connectivity index (χ3v) is 3.76. The molecule has 0 radical (unpaired) electrons. The zero-order chi connectivity index (χ0) is 15.1. The lowest BCUT2D eigenvalue weighted by molar-refractivity contribution is 0.485. The number of nitrogens with two attached hydrogens (primary N) is 1. The van der Waals surface area contributed by atoms with Crippen LogP contribution in [0.15, 0.2) is 40.8 Å². The molecule has 0 aliphatic heterocycles. The summed E-state index contributed by atoms with van der Waals surface area (Å²) in [5.74, 6) is -1.06. The van der Waals surface area contributed by atoms with Gasteiger partial charge in [-0.25, -0.2) is 8.78 Å². The van der Waals surface area contributed by atoms with Crippen molar-refractivity contribution in [2.75, 3.05) is 0 Å². The van der Waals surface area contributed by atoms with Gasteiger partial charge in [0.25, 0.3) is 0 Å². The monoisotopic (exact) mass is 307 g/mol. The van der Waals surface area contributed by atoms with Gasteiger partial charge in [0.1, 0.15) is 23.0 Å². The van der Waals surface area contributed by atoms with E-state index in [1.54, 1.807) is 25.1 Å². The molecule has 0 fully saturated rings. The van der Waals surface area contributed by atoms with Gasteiger partial charge in [0.2, 0.25) is 0 Å². The summed E-state index contributed by atoms with van der Waals surface area (Å²) in [6.07, 6.45) is 0. The first-order valence-electron chi connectivity index (χ1n) is 6.37. The third-order valence-electron chi connectivity index (χ3n) is 3.53. The second-order valence-corrected chi connectivity index (χ2v) is 5.28. The minimum Gasteiger partial charge on any atom is -0.459 e. The van der Waals surface area contributed by atoms with Crippen LogP contribution in [-0.4, -0.2) is 0 Å². The molecule has 0 aliphatic carbocycles. The van der Waals surface area contributed by atoms with Crippen LogP contribution in [0.5, 0.6) is 0 Å². The lowest BCUT2D eigenvalue weighted by Gasteiger charge is -2.12. The summed E-state index contributed by atoms with van der Waals surface area (Å²) in [4.78, 5) is 0. The molecule has 0 spiro atoms. The standard InChI is InChI=1S/C16H12ClF2NO/c1-8-10-7-9(17)5-6-13(10)21-16(8)15(20)14-11(18)3-2-4-12(14)19/h2-7,15H,20H2,1H3. The van der Waals surface area contributed by atoms with E-state index in [1.807, 2.05) is 0 Å². The van der Waals surface area contributed by atoms with Crippen LogP contribution in [0.3, 0.4) is 0 Å². The molecule has 0 bridgehead atoms. The number of aryl methyl sites for hydroxylation is 1. The van der Waals surface area contributed by atoms with Crippen molar-refractivity contribution >= 4 is 22.6 Å². The fourth-order valence-corrected chi connectivity index (χ4v) is 2.62. The highest BCUT2D eigenvalue weighted by Crippen LogP contribution is 2.34. The Bertz CT molecular complexity index is 808. The summed E-state index contributed by atoms with van der Waals surface area (Å²) in [5.41, 5.74) is 7.12. The zero-order valence-electron chi connectivity index (χ0n) is 11.2. The topological polar surface area (TPSA) is 39.2 Å². The van der Waals surface area contributed by atoms with Gasteiger partial charge in [-0.2, -0.15) is 0 Å². The molecule has 2 N–H and O–H groups in total. The molecule has 3 aromatic rings. The predicted octanol–water partition coefficient (Wildman–Crippen LogP) is 4.72. The molecule has 0 amide bonds. The fourth-order valence-electron chi connectivity index (χ4n) is 2.45. The van der Waals surface area contributed by atoms with E-state index >= 15 is 0 Å². The lowest BCUT2D eigenvalue weighted by atomic mass is 10.0. The predicted molar refractivity (Wildman–Crippen MR) is 78.3 cm³/mol. The van der Waals surface area contributed by atoms with E-state index in [-0.39, 0.29) is 5.56 Å². The first-order chi connectivity index (χ1) is 9.99. The highest BCUT2D eigenvalue weighted by atomic mass is 35.5. The summed E-state index contributed by atoms with van der Waals surface area (Å²) in [6, 6.07) is 7.76. The number of benzene rings is 2. The summed E-state index contributed by atoms with van der Waals surface area (Å²) < 4.78 is 33.4. The molecule has 5 heteroatoms. The highest BCUT2D eigenvalue weighted by Gasteiger charge is 2.24. The van der Waals surface area contributed by atoms with Crippen molar-refractivity contribution in [3.05, 3.63) is 69.9 Å². The molecule has 3 rings (SSSR count). The Balaban J connectivity index is 2.18. The Morgan fingerprint density at radius 2 is 1.81 bits per heavy atom. The summed E-state index contributed by atoms with van der Waals surface area (Å²) in [5, 5.41) is 1.34. The Labute approximate surface area is 125 Å². The molecule has 2 nitrogen and oxygen atoms in total. The van der Waals surface area contributed by atoms with Crippen LogP contribution in [0.1, 0.15) is 22.9 Å². The van der Waals surface area contributed by atoms with Crippen molar-refractivity contribution in [1.82, 2.24) is 0 Å². The van der Waals surface area contributed by atoms with E-state index in [9.17, 15) is 8.78 Å². The Morgan fingerprint density at radius 1 is 1.14 bits per heavy atom. The van der Waals surface area contributed by atoms with E-state index in [0.717, 1.165) is 10.9 Å². The number of halogens is 3. The molecule has 2 aromatic carbocycles. The van der Waals surface area contributed by atoms with Gasteiger partial charge >= 0.3 is 0 Å². The zero-order valence-corrected chi connectivity index (χ0v) is 11.9. The minimum absolute atomic E-state index is 0.203. The van der Waals surface area contributed by atoms with Crippen molar-refractivity contribution in [2.45, 2.75) is 13.0 Å². The molecule has 1 aromatic heterocycles. The van der Waals surface area contributed by atoms with Gasteiger partial charge < -0.3 is 10.2 Å². The van der Waals surface area contributed by atoms with Crippen molar-refractivity contribution in [2.24, 2.45) is 5.73 Å². The van der Waals surface area contributed by atoms with Gasteiger partial charge in [0.05, 0.1) is 6.04 Å². The van der Waals surface area contributed by atoms with Crippen LogP contribution in [0.4, 0.5) is 8.78 Å². The quantitative estimate of drug-likeness (QED) is 0.744. The number of fused-ring (bicyclic) bond motifs is 1. The number of rotatable bonds is 2. The van der Waals surface area contributed by atoms with Crippen LogP contribution in [-0.2, 0) is 0 Å². The molecule has 0 aliphatic rings. The van der Waals surface area contributed by atoms with E-state index in [2.05, 4.69) is 0 Å². The van der Waals surface area contributed by atoms with Crippen molar-refractivity contribution < 1.29 is 13.2 Å². The smallest absolute Gasteiger partial charge is 0.134 e. The van der Waals surface area contributed by atoms with Gasteiger partial charge in [-0.05, 0) is 37.3 Å². The van der Waals surface area contributed by atoms with Crippen LogP contribution in [0.2, 0.25) is 5.02 Å². The highest BCUT2D eigenvalue weighted by molar-refractivity contribution is 6.31. The molecule has 1 heterocycles. The molecular weight excluding hydrogens is 296 g/mol. The molecule has 21 heavy (non-hydrogen) atoms. The molecule has 108 valence electrons. The number of hydrogen-bond donors (Lipinski definition) is 1. The Hall–Kier alpha value is -1.91. The molecule has 0 saturated carbocycles. The van der Waals surface area contributed by atoms with E-state index in [4.69, 9.17) is 21.8 Å². The average Bonchev–Trinajstić information content (AvgIpc) is 2.76. The maximum atomic E-state index is 13.9. The Kier molecular flexibility index (Phi) is 3.43. The lowest BCUT2D eigenvalue weighted by Crippen LogP contribution is -2.15. The van der Waals surface area contributed by atoms with E-state index in [1.165, 1.54) is 18.2 Å². The largest absolute Gasteiger partial charge is 0.459 e. The summed E-state index contributed by atoms with van der Waals surface area (Å²) >= 11 is 5.95. The Morgan fingerprint density at radius 3 is 2.48 bits per heavy atom. The molecule has 1 atom stereocenters. The summed E-state index contributed by atoms with van der Waals surface area (Å²) in [6.45, 7) is 1.79. The van der Waals surface area contributed by atoms with Crippen molar-refractivity contribution in [3.8, 4) is 0 Å². The van der Waals surface area contributed by atoms with Gasteiger partial charge in [-0.3, -0.25) is 0 Å². The minimum atomic E-state index is -1.02. The first kappa shape index (κ1) is 14.0. The third kappa shape index (κ3) is 2.30. The van der Waals surface area contributed by atoms with Crippen LogP contribution in [0, 0.1) is 18.6 Å². The second-order valence-electron chi connectivity index (χ2n) is 4.84. The van der Waals surface area contributed by atoms with E-state index < -0.39 is 17.7 Å².